The van der Waals surface area contributed by atoms with Crippen LogP contribution in [-0.2, 0) is 17.8 Å². The number of rotatable bonds is 6. The van der Waals surface area contributed by atoms with E-state index in [0.29, 0.717) is 24.2 Å². The Hall–Kier alpha value is -3.47. The highest BCUT2D eigenvalue weighted by atomic mass is 16.2. The van der Waals surface area contributed by atoms with Crippen LogP contribution in [0.4, 0.5) is 5.69 Å². The molecule has 0 saturated carbocycles. The van der Waals surface area contributed by atoms with E-state index in [-0.39, 0.29) is 11.8 Å². The first kappa shape index (κ1) is 18.3. The lowest BCUT2D eigenvalue weighted by atomic mass is 10.1. The monoisotopic (exact) mass is 359 g/mol. The van der Waals surface area contributed by atoms with Gasteiger partial charge in [-0.25, -0.2) is 0 Å². The van der Waals surface area contributed by atoms with Gasteiger partial charge in [-0.3, -0.25) is 14.6 Å². The standard InChI is InChI=1S/C22H21N3O2/c1-16-6-4-7-17(12-16)13-21(26)25-20-10-3-2-8-18(20)15-24-22(27)19-9-5-11-23-14-19/h2-12,14H,13,15H2,1H3,(H,24,27)(H,25,26). The van der Waals surface area contributed by atoms with Gasteiger partial charge in [0.25, 0.3) is 5.91 Å². The van der Waals surface area contributed by atoms with Crippen molar-refractivity contribution in [3.05, 3.63) is 95.3 Å². The molecule has 0 aliphatic carbocycles. The number of hydrogen-bond acceptors (Lipinski definition) is 3. The Morgan fingerprint density at radius 2 is 1.85 bits per heavy atom. The number of para-hydroxylation sites is 1. The van der Waals surface area contributed by atoms with Crippen LogP contribution in [-0.4, -0.2) is 16.8 Å². The molecule has 2 amide bonds. The Labute approximate surface area is 158 Å². The van der Waals surface area contributed by atoms with Crippen molar-refractivity contribution < 1.29 is 9.59 Å². The second-order valence-corrected chi connectivity index (χ2v) is 6.30. The van der Waals surface area contributed by atoms with Crippen LogP contribution in [0.3, 0.4) is 0 Å². The minimum Gasteiger partial charge on any atom is -0.348 e. The number of benzene rings is 2. The number of pyridine rings is 1. The molecule has 3 aromatic rings. The van der Waals surface area contributed by atoms with Crippen LogP contribution < -0.4 is 10.6 Å². The second kappa shape index (κ2) is 8.76. The maximum Gasteiger partial charge on any atom is 0.253 e. The summed E-state index contributed by atoms with van der Waals surface area (Å²) in [6.07, 6.45) is 3.44. The molecular weight excluding hydrogens is 338 g/mol. The molecule has 136 valence electrons. The third kappa shape index (κ3) is 5.25. The van der Waals surface area contributed by atoms with E-state index < -0.39 is 0 Å². The number of nitrogens with one attached hydrogen (secondary N) is 2. The zero-order valence-electron chi connectivity index (χ0n) is 15.1. The molecule has 27 heavy (non-hydrogen) atoms. The molecule has 5 heteroatoms. The van der Waals surface area contributed by atoms with E-state index in [9.17, 15) is 9.59 Å². The summed E-state index contributed by atoms with van der Waals surface area (Å²) < 4.78 is 0. The van der Waals surface area contributed by atoms with Crippen molar-refractivity contribution in [2.24, 2.45) is 0 Å². The largest absolute Gasteiger partial charge is 0.348 e. The van der Waals surface area contributed by atoms with Gasteiger partial charge in [0.05, 0.1) is 12.0 Å². The number of anilines is 1. The Balaban J connectivity index is 1.63. The summed E-state index contributed by atoms with van der Waals surface area (Å²) in [5, 5.41) is 5.80. The van der Waals surface area contributed by atoms with Gasteiger partial charge in [-0.1, -0.05) is 48.0 Å². The maximum absolute atomic E-state index is 12.4. The normalized spacial score (nSPS) is 10.3. The first-order chi connectivity index (χ1) is 13.1. The molecule has 0 bridgehead atoms. The Bertz CT molecular complexity index is 939. The molecule has 2 aromatic carbocycles. The topological polar surface area (TPSA) is 71.1 Å². The number of aromatic nitrogens is 1. The van der Waals surface area contributed by atoms with Gasteiger partial charge < -0.3 is 10.6 Å². The van der Waals surface area contributed by atoms with Crippen LogP contribution in [0.2, 0.25) is 0 Å². The van der Waals surface area contributed by atoms with Gasteiger partial charge in [-0.15, -0.1) is 0 Å². The van der Waals surface area contributed by atoms with Crippen molar-refractivity contribution in [3.8, 4) is 0 Å². The molecule has 1 heterocycles. The molecule has 0 saturated heterocycles. The summed E-state index contributed by atoms with van der Waals surface area (Å²) in [6, 6.07) is 18.8. The molecule has 0 atom stereocenters. The van der Waals surface area contributed by atoms with E-state index in [4.69, 9.17) is 0 Å². The molecule has 0 radical (unpaired) electrons. The number of hydrogen-bond donors (Lipinski definition) is 2. The summed E-state index contributed by atoms with van der Waals surface area (Å²) in [4.78, 5) is 28.5. The fourth-order valence-corrected chi connectivity index (χ4v) is 2.77. The molecule has 0 aliphatic heterocycles. The third-order valence-corrected chi connectivity index (χ3v) is 4.10. The summed E-state index contributed by atoms with van der Waals surface area (Å²) in [7, 11) is 0. The number of aryl methyl sites for hydroxylation is 1. The fraction of sp³-hybridized carbons (Fsp3) is 0.136. The van der Waals surface area contributed by atoms with E-state index in [0.717, 1.165) is 16.7 Å². The minimum absolute atomic E-state index is 0.0911. The van der Waals surface area contributed by atoms with Crippen molar-refractivity contribution in [2.45, 2.75) is 19.9 Å². The van der Waals surface area contributed by atoms with E-state index >= 15 is 0 Å². The van der Waals surface area contributed by atoms with Crippen LogP contribution in [0, 0.1) is 6.92 Å². The number of amides is 2. The Morgan fingerprint density at radius 3 is 2.63 bits per heavy atom. The molecule has 0 spiro atoms. The lowest BCUT2D eigenvalue weighted by Gasteiger charge is -2.12. The van der Waals surface area contributed by atoms with E-state index in [1.165, 1.54) is 6.20 Å². The highest BCUT2D eigenvalue weighted by molar-refractivity contribution is 5.94. The number of carbonyl (C=O) groups excluding carboxylic acids is 2. The van der Waals surface area contributed by atoms with E-state index in [1.807, 2.05) is 55.5 Å². The van der Waals surface area contributed by atoms with Gasteiger partial charge in [-0.2, -0.15) is 0 Å². The van der Waals surface area contributed by atoms with Crippen LogP contribution in [0.1, 0.15) is 27.0 Å². The SMILES string of the molecule is Cc1cccc(CC(=O)Nc2ccccc2CNC(=O)c2cccnc2)c1. The average molecular weight is 359 g/mol. The Kier molecular flexibility index (Phi) is 5.94. The second-order valence-electron chi connectivity index (χ2n) is 6.30. The lowest BCUT2D eigenvalue weighted by molar-refractivity contribution is -0.115. The van der Waals surface area contributed by atoms with Gasteiger partial charge in [0.1, 0.15) is 0 Å². The van der Waals surface area contributed by atoms with Gasteiger partial charge in [0.2, 0.25) is 5.91 Å². The van der Waals surface area contributed by atoms with Crippen molar-refractivity contribution >= 4 is 17.5 Å². The predicted octanol–water partition coefficient (Wildman–Crippen LogP) is 3.50. The summed E-state index contributed by atoms with van der Waals surface area (Å²) in [6.45, 7) is 2.32. The summed E-state index contributed by atoms with van der Waals surface area (Å²) in [5.41, 5.74) is 4.13. The first-order valence-corrected chi connectivity index (χ1v) is 8.73. The van der Waals surface area contributed by atoms with Crippen molar-refractivity contribution in [1.82, 2.24) is 10.3 Å². The van der Waals surface area contributed by atoms with Crippen molar-refractivity contribution in [1.29, 1.82) is 0 Å². The lowest BCUT2D eigenvalue weighted by Crippen LogP contribution is -2.24. The third-order valence-electron chi connectivity index (χ3n) is 4.10. The zero-order chi connectivity index (χ0) is 19.1. The number of nitrogens with zero attached hydrogens (tertiary/aromatic N) is 1. The van der Waals surface area contributed by atoms with E-state index in [1.54, 1.807) is 18.3 Å². The van der Waals surface area contributed by atoms with Gasteiger partial charge >= 0.3 is 0 Å². The fourth-order valence-electron chi connectivity index (χ4n) is 2.77. The Morgan fingerprint density at radius 1 is 1.00 bits per heavy atom. The highest BCUT2D eigenvalue weighted by Crippen LogP contribution is 2.16. The smallest absolute Gasteiger partial charge is 0.253 e. The predicted molar refractivity (Wildman–Crippen MR) is 105 cm³/mol. The van der Waals surface area contributed by atoms with Crippen LogP contribution in [0.15, 0.2) is 73.1 Å². The quantitative estimate of drug-likeness (QED) is 0.708. The van der Waals surface area contributed by atoms with E-state index in [2.05, 4.69) is 15.6 Å². The maximum atomic E-state index is 12.4. The van der Waals surface area contributed by atoms with Gasteiger partial charge in [0.15, 0.2) is 0 Å². The summed E-state index contributed by atoms with van der Waals surface area (Å²) >= 11 is 0. The molecule has 0 fully saturated rings. The average Bonchev–Trinajstić information content (AvgIpc) is 2.67. The van der Waals surface area contributed by atoms with Crippen molar-refractivity contribution in [3.63, 3.8) is 0 Å². The van der Waals surface area contributed by atoms with Crippen LogP contribution >= 0.6 is 0 Å². The minimum atomic E-state index is -0.205. The molecule has 0 aliphatic rings. The number of carbonyl (C=O) groups is 2. The van der Waals surface area contributed by atoms with Crippen LogP contribution in [0.25, 0.3) is 0 Å². The highest BCUT2D eigenvalue weighted by Gasteiger charge is 2.10. The molecule has 2 N–H and O–H groups in total. The molecule has 5 nitrogen and oxygen atoms in total. The van der Waals surface area contributed by atoms with Crippen LogP contribution in [0.5, 0.6) is 0 Å². The van der Waals surface area contributed by atoms with Gasteiger partial charge in [-0.05, 0) is 36.2 Å². The molecule has 0 unspecified atom stereocenters. The molecule has 3 rings (SSSR count). The van der Waals surface area contributed by atoms with Gasteiger partial charge in [0, 0.05) is 24.6 Å². The summed E-state index contributed by atoms with van der Waals surface area (Å²) in [5.74, 6) is -0.296. The molecule has 1 aromatic heterocycles. The zero-order valence-corrected chi connectivity index (χ0v) is 15.1. The first-order valence-electron chi connectivity index (χ1n) is 8.73. The molecular formula is C22H21N3O2. The van der Waals surface area contributed by atoms with Crippen molar-refractivity contribution in [2.75, 3.05) is 5.32 Å².